The molecule has 1 aromatic carbocycles. The molecule has 1 aliphatic rings. The van der Waals surface area contributed by atoms with Crippen LogP contribution in [0.2, 0.25) is 0 Å². The van der Waals surface area contributed by atoms with Crippen LogP contribution in [0.4, 0.5) is 0 Å². The number of piperidine rings is 1. The van der Waals surface area contributed by atoms with Crippen LogP contribution in [0.1, 0.15) is 36.6 Å². The third kappa shape index (κ3) is 4.91. The molecule has 0 atom stereocenters. The second-order valence-electron chi connectivity index (χ2n) is 7.11. The van der Waals surface area contributed by atoms with Gasteiger partial charge in [-0.15, -0.1) is 0 Å². The zero-order chi connectivity index (χ0) is 21.0. The molecule has 0 spiro atoms. The van der Waals surface area contributed by atoms with Gasteiger partial charge in [0.15, 0.2) is 0 Å². The Kier molecular flexibility index (Phi) is 6.49. The summed E-state index contributed by atoms with van der Waals surface area (Å²) >= 11 is 0. The van der Waals surface area contributed by atoms with E-state index in [1.54, 1.807) is 44.2 Å². The van der Waals surface area contributed by atoms with Crippen LogP contribution < -0.4 is 5.56 Å². The Morgan fingerprint density at radius 3 is 2.52 bits per heavy atom. The van der Waals surface area contributed by atoms with Crippen LogP contribution >= 0.6 is 0 Å². The number of nitrogens with zero attached hydrogens (tertiary/aromatic N) is 2. The van der Waals surface area contributed by atoms with E-state index >= 15 is 0 Å². The van der Waals surface area contributed by atoms with Crippen molar-refractivity contribution in [1.29, 1.82) is 0 Å². The Hall–Kier alpha value is -2.52. The van der Waals surface area contributed by atoms with Crippen molar-refractivity contribution in [3.05, 3.63) is 57.5 Å². The van der Waals surface area contributed by atoms with Crippen molar-refractivity contribution >= 4 is 16.0 Å². The number of carbonyl (C=O) groups excluding carboxylic acids is 1. The number of H-pyrrole nitrogens is 1. The maximum absolute atomic E-state index is 12.9. The minimum atomic E-state index is -3.62. The van der Waals surface area contributed by atoms with E-state index in [0.717, 1.165) is 5.56 Å². The fourth-order valence-corrected chi connectivity index (χ4v) is 4.90. The molecule has 3 rings (SSSR count). The monoisotopic (exact) mass is 419 g/mol. The number of esters is 1. The number of ether oxygens (including phenoxy) is 1. The number of rotatable bonds is 6. The van der Waals surface area contributed by atoms with Gasteiger partial charge in [0.05, 0.1) is 23.1 Å². The van der Waals surface area contributed by atoms with Crippen LogP contribution in [-0.2, 0) is 26.0 Å². The summed E-state index contributed by atoms with van der Waals surface area (Å²) in [6, 6.07) is 8.27. The van der Waals surface area contributed by atoms with Gasteiger partial charge in [-0.3, -0.25) is 9.59 Å². The average Bonchev–Trinajstić information content (AvgIpc) is 2.71. The van der Waals surface area contributed by atoms with E-state index in [-0.39, 0.29) is 22.3 Å². The van der Waals surface area contributed by atoms with E-state index in [0.29, 0.717) is 50.2 Å². The van der Waals surface area contributed by atoms with Crippen LogP contribution in [0.5, 0.6) is 0 Å². The van der Waals surface area contributed by atoms with Crippen molar-refractivity contribution in [2.75, 3.05) is 19.7 Å². The van der Waals surface area contributed by atoms with E-state index in [1.807, 2.05) is 0 Å². The van der Waals surface area contributed by atoms with E-state index in [1.165, 1.54) is 4.31 Å². The molecule has 0 bridgehead atoms. The Labute approximate surface area is 169 Å². The minimum absolute atomic E-state index is 0.204. The zero-order valence-corrected chi connectivity index (χ0v) is 17.4. The number of hydrogen-bond donors (Lipinski definition) is 1. The fraction of sp³-hybridized carbons (Fsp3) is 0.450. The quantitative estimate of drug-likeness (QED) is 0.713. The number of carbonyl (C=O) groups is 1. The van der Waals surface area contributed by atoms with Gasteiger partial charge in [0.2, 0.25) is 10.0 Å². The minimum Gasteiger partial charge on any atom is -0.466 e. The van der Waals surface area contributed by atoms with E-state index in [2.05, 4.69) is 10.2 Å². The first kappa shape index (κ1) is 21.2. The molecule has 156 valence electrons. The van der Waals surface area contributed by atoms with Gasteiger partial charge in [-0.2, -0.15) is 9.40 Å². The third-order valence-electron chi connectivity index (χ3n) is 5.04. The van der Waals surface area contributed by atoms with E-state index < -0.39 is 10.0 Å². The summed E-state index contributed by atoms with van der Waals surface area (Å²) in [6.45, 7) is 4.46. The van der Waals surface area contributed by atoms with Crippen LogP contribution in [0.15, 0.2) is 40.0 Å². The molecular formula is C20H25N3O5S. The molecule has 2 heterocycles. The predicted octanol–water partition coefficient (Wildman–Crippen LogP) is 1.63. The highest BCUT2D eigenvalue weighted by Gasteiger charge is 2.32. The molecule has 0 amide bonds. The molecule has 9 heteroatoms. The van der Waals surface area contributed by atoms with Gasteiger partial charge in [-0.25, -0.2) is 13.5 Å². The van der Waals surface area contributed by atoms with Crippen LogP contribution in [0.3, 0.4) is 0 Å². The van der Waals surface area contributed by atoms with Gasteiger partial charge in [0.25, 0.3) is 5.56 Å². The van der Waals surface area contributed by atoms with Gasteiger partial charge in [0.1, 0.15) is 0 Å². The van der Waals surface area contributed by atoms with Crippen molar-refractivity contribution in [1.82, 2.24) is 14.5 Å². The molecule has 1 saturated heterocycles. The Bertz CT molecular complexity index is 1020. The average molecular weight is 420 g/mol. The molecule has 0 saturated carbocycles. The van der Waals surface area contributed by atoms with Crippen LogP contribution in [-0.4, -0.2) is 48.6 Å². The van der Waals surface area contributed by atoms with Gasteiger partial charge >= 0.3 is 5.97 Å². The summed E-state index contributed by atoms with van der Waals surface area (Å²) in [5.74, 6) is -0.499. The number of aromatic nitrogens is 2. The lowest BCUT2D eigenvalue weighted by Gasteiger charge is -2.30. The molecule has 1 fully saturated rings. The molecule has 0 aliphatic carbocycles. The SMILES string of the molecule is CCOC(=O)C1CCN(S(=O)(=O)c2ccc(Cc3cc(C)n[nH]c3=O)cc2)CC1. The van der Waals surface area contributed by atoms with E-state index in [4.69, 9.17) is 4.74 Å². The summed E-state index contributed by atoms with van der Waals surface area (Å²) in [7, 11) is -3.62. The molecule has 1 aromatic heterocycles. The number of sulfonamides is 1. The molecule has 2 aromatic rings. The lowest BCUT2D eigenvalue weighted by molar-refractivity contribution is -0.149. The highest BCUT2D eigenvalue weighted by Crippen LogP contribution is 2.25. The number of hydrogen-bond acceptors (Lipinski definition) is 6. The first-order valence-corrected chi connectivity index (χ1v) is 11.1. The van der Waals surface area contributed by atoms with Crippen molar-refractivity contribution in [3.8, 4) is 0 Å². The molecule has 0 unspecified atom stereocenters. The number of aromatic amines is 1. The molecule has 0 radical (unpaired) electrons. The van der Waals surface area contributed by atoms with Crippen molar-refractivity contribution in [2.24, 2.45) is 5.92 Å². The molecule has 1 aliphatic heterocycles. The summed E-state index contributed by atoms with van der Waals surface area (Å²) in [5, 5.41) is 6.30. The Morgan fingerprint density at radius 2 is 1.90 bits per heavy atom. The lowest BCUT2D eigenvalue weighted by Crippen LogP contribution is -2.40. The predicted molar refractivity (Wildman–Crippen MR) is 107 cm³/mol. The normalized spacial score (nSPS) is 15.9. The van der Waals surface area contributed by atoms with E-state index in [9.17, 15) is 18.0 Å². The summed E-state index contributed by atoms with van der Waals surface area (Å²) in [5.41, 5.74) is 1.87. The summed E-state index contributed by atoms with van der Waals surface area (Å²) in [6.07, 6.45) is 1.31. The standard InChI is InChI=1S/C20H25N3O5S/c1-3-28-20(25)16-8-10-23(11-9-16)29(26,27)18-6-4-15(5-7-18)13-17-12-14(2)21-22-19(17)24/h4-7,12,16H,3,8-11,13H2,1-2H3,(H,22,24). The van der Waals surface area contributed by atoms with Gasteiger partial charge in [-0.1, -0.05) is 12.1 Å². The number of benzene rings is 1. The third-order valence-corrected chi connectivity index (χ3v) is 6.95. The van der Waals surface area contributed by atoms with Crippen molar-refractivity contribution in [2.45, 2.75) is 38.0 Å². The molecule has 1 N–H and O–H groups in total. The zero-order valence-electron chi connectivity index (χ0n) is 16.6. The van der Waals surface area contributed by atoms with Crippen molar-refractivity contribution in [3.63, 3.8) is 0 Å². The number of nitrogens with one attached hydrogen (secondary N) is 1. The van der Waals surface area contributed by atoms with Crippen LogP contribution in [0, 0.1) is 12.8 Å². The van der Waals surface area contributed by atoms with Gasteiger partial charge in [-0.05, 0) is 50.5 Å². The van der Waals surface area contributed by atoms with Crippen LogP contribution in [0.25, 0.3) is 0 Å². The second-order valence-corrected chi connectivity index (χ2v) is 9.05. The van der Waals surface area contributed by atoms with Gasteiger partial charge < -0.3 is 4.74 Å². The first-order chi connectivity index (χ1) is 13.8. The number of aryl methyl sites for hydroxylation is 1. The second kappa shape index (κ2) is 8.87. The highest BCUT2D eigenvalue weighted by atomic mass is 32.2. The molecule has 29 heavy (non-hydrogen) atoms. The topological polar surface area (TPSA) is 109 Å². The van der Waals surface area contributed by atoms with Crippen molar-refractivity contribution < 1.29 is 17.9 Å². The fourth-order valence-electron chi connectivity index (χ4n) is 3.43. The Morgan fingerprint density at radius 1 is 1.24 bits per heavy atom. The molecule has 8 nitrogen and oxygen atoms in total. The highest BCUT2D eigenvalue weighted by molar-refractivity contribution is 7.89. The first-order valence-electron chi connectivity index (χ1n) is 9.62. The smallest absolute Gasteiger partial charge is 0.309 e. The molecular weight excluding hydrogens is 394 g/mol. The summed E-state index contributed by atoms with van der Waals surface area (Å²) in [4.78, 5) is 23.9. The largest absolute Gasteiger partial charge is 0.466 e. The maximum Gasteiger partial charge on any atom is 0.309 e. The summed E-state index contributed by atoms with van der Waals surface area (Å²) < 4.78 is 32.2. The van der Waals surface area contributed by atoms with Gasteiger partial charge in [0, 0.05) is 25.1 Å². The maximum atomic E-state index is 12.9. The Balaban J connectivity index is 1.68. The lowest BCUT2D eigenvalue weighted by atomic mass is 9.98.